The normalized spacial score (nSPS) is 8.56. The van der Waals surface area contributed by atoms with Gasteiger partial charge >= 0.3 is 0 Å². The fourth-order valence-corrected chi connectivity index (χ4v) is 0.577. The Labute approximate surface area is 61.1 Å². The largest absolute Gasteiger partial charge is 0.348 e. The molecule has 0 bridgehead atoms. The lowest BCUT2D eigenvalue weighted by Crippen LogP contribution is -2.02. The van der Waals surface area contributed by atoms with Crippen LogP contribution in [-0.2, 0) is 6.42 Å². The number of hydrogen-bond donors (Lipinski definition) is 2. The minimum Gasteiger partial charge on any atom is -0.348 e. The van der Waals surface area contributed by atoms with Gasteiger partial charge in [-0.1, -0.05) is 0 Å². The van der Waals surface area contributed by atoms with E-state index in [1.807, 2.05) is 0 Å². The average Bonchev–Trinajstić information content (AvgIpc) is 2.19. The van der Waals surface area contributed by atoms with Crippen molar-refractivity contribution in [2.24, 2.45) is 5.73 Å². The molecule has 1 aromatic rings. The Bertz CT molecular complexity index is 138. The van der Waals surface area contributed by atoms with Crippen LogP contribution in [0.3, 0.4) is 0 Å². The van der Waals surface area contributed by atoms with Gasteiger partial charge < -0.3 is 10.7 Å². The Kier molecular flexibility index (Phi) is 4.17. The summed E-state index contributed by atoms with van der Waals surface area (Å²) in [6.07, 6.45) is 4.33. The fraction of sp³-hybridized carbons (Fsp3) is 0.400. The highest BCUT2D eigenvalue weighted by molar-refractivity contribution is 7.59. The predicted molar refractivity (Wildman–Crippen MR) is 41.7 cm³/mol. The number of H-pyrrole nitrogens is 1. The molecular weight excluding hydrogens is 134 g/mol. The molecule has 0 atom stereocenters. The lowest BCUT2D eigenvalue weighted by Gasteiger charge is -1.86. The third-order valence-corrected chi connectivity index (χ3v) is 0.969. The molecule has 3 nitrogen and oxygen atoms in total. The van der Waals surface area contributed by atoms with Gasteiger partial charge in [0.25, 0.3) is 0 Å². The van der Waals surface area contributed by atoms with E-state index in [1.54, 1.807) is 12.5 Å². The van der Waals surface area contributed by atoms with E-state index in [-0.39, 0.29) is 13.5 Å². The van der Waals surface area contributed by atoms with Gasteiger partial charge in [0.05, 0.1) is 6.33 Å². The van der Waals surface area contributed by atoms with Crippen LogP contribution in [0, 0.1) is 0 Å². The van der Waals surface area contributed by atoms with Crippen molar-refractivity contribution in [1.82, 2.24) is 9.97 Å². The van der Waals surface area contributed by atoms with E-state index in [0.29, 0.717) is 6.54 Å². The molecule has 3 N–H and O–H groups in total. The van der Waals surface area contributed by atoms with Crippen molar-refractivity contribution >= 4 is 13.5 Å². The number of imidazole rings is 1. The van der Waals surface area contributed by atoms with E-state index in [4.69, 9.17) is 5.73 Å². The highest BCUT2D eigenvalue weighted by Crippen LogP contribution is 1.88. The molecule has 1 heterocycles. The second kappa shape index (κ2) is 4.40. The van der Waals surface area contributed by atoms with Gasteiger partial charge in [-0.25, -0.2) is 4.98 Å². The first kappa shape index (κ1) is 8.52. The lowest BCUT2D eigenvalue weighted by atomic mass is 10.3. The van der Waals surface area contributed by atoms with Crippen LogP contribution < -0.4 is 5.73 Å². The zero-order valence-corrected chi connectivity index (χ0v) is 6.09. The second-order valence-electron chi connectivity index (χ2n) is 1.62. The summed E-state index contributed by atoms with van der Waals surface area (Å²) in [5.41, 5.74) is 6.38. The second-order valence-corrected chi connectivity index (χ2v) is 1.62. The van der Waals surface area contributed by atoms with Crippen LogP contribution in [0.5, 0.6) is 0 Å². The highest BCUT2D eigenvalue weighted by atomic mass is 32.1. The maximum absolute atomic E-state index is 5.27. The number of rotatable bonds is 2. The standard InChI is InChI=1S/C5H9N3.H2S/c6-2-1-5-3-7-4-8-5;/h3-4H,1-2,6H2,(H,7,8);1H2. The molecule has 0 fully saturated rings. The molecule has 0 aliphatic carbocycles. The van der Waals surface area contributed by atoms with Gasteiger partial charge in [-0.15, -0.1) is 0 Å². The molecule has 0 unspecified atom stereocenters. The fourth-order valence-electron chi connectivity index (χ4n) is 0.577. The summed E-state index contributed by atoms with van der Waals surface area (Å²) in [7, 11) is 0. The number of nitrogens with zero attached hydrogens (tertiary/aromatic N) is 1. The number of nitrogens with one attached hydrogen (secondary N) is 1. The molecule has 0 aromatic carbocycles. The van der Waals surface area contributed by atoms with Gasteiger partial charge in [0.1, 0.15) is 0 Å². The maximum Gasteiger partial charge on any atom is 0.0921 e. The molecule has 1 aromatic heterocycles. The topological polar surface area (TPSA) is 54.7 Å². The summed E-state index contributed by atoms with van der Waals surface area (Å²) in [6, 6.07) is 0. The van der Waals surface area contributed by atoms with Crippen molar-refractivity contribution in [3.05, 3.63) is 18.2 Å². The van der Waals surface area contributed by atoms with Crippen LogP contribution >= 0.6 is 13.5 Å². The van der Waals surface area contributed by atoms with Gasteiger partial charge in [-0.2, -0.15) is 13.5 Å². The zero-order valence-electron chi connectivity index (χ0n) is 5.09. The zero-order chi connectivity index (χ0) is 5.82. The Morgan fingerprint density at radius 3 is 2.89 bits per heavy atom. The van der Waals surface area contributed by atoms with Crippen molar-refractivity contribution < 1.29 is 0 Å². The molecule has 9 heavy (non-hydrogen) atoms. The summed E-state index contributed by atoms with van der Waals surface area (Å²) < 4.78 is 0. The van der Waals surface area contributed by atoms with Gasteiger partial charge in [-0.3, -0.25) is 0 Å². The molecule has 0 aliphatic heterocycles. The summed E-state index contributed by atoms with van der Waals surface area (Å²) in [6.45, 7) is 0.683. The first-order valence-corrected chi connectivity index (χ1v) is 2.61. The minimum absolute atomic E-state index is 0. The summed E-state index contributed by atoms with van der Waals surface area (Å²) in [5.74, 6) is 0. The van der Waals surface area contributed by atoms with E-state index in [1.165, 1.54) is 0 Å². The quantitative estimate of drug-likeness (QED) is 0.616. The molecule has 52 valence electrons. The third-order valence-electron chi connectivity index (χ3n) is 0.969. The summed E-state index contributed by atoms with van der Waals surface area (Å²) >= 11 is 0. The van der Waals surface area contributed by atoms with Crippen molar-refractivity contribution in [1.29, 1.82) is 0 Å². The van der Waals surface area contributed by atoms with Gasteiger partial charge in [-0.05, 0) is 6.54 Å². The van der Waals surface area contributed by atoms with Gasteiger partial charge in [0.15, 0.2) is 0 Å². The molecule has 0 amide bonds. The Balaban J connectivity index is 0.000000640. The first-order chi connectivity index (χ1) is 3.93. The molecule has 0 radical (unpaired) electrons. The Morgan fingerprint density at radius 1 is 1.67 bits per heavy atom. The van der Waals surface area contributed by atoms with Gasteiger partial charge in [0.2, 0.25) is 0 Å². The molecular formula is C5H11N3S. The monoisotopic (exact) mass is 145 g/mol. The SMILES string of the molecule is NCCc1cnc[nH]1.S. The third kappa shape index (κ3) is 2.53. The predicted octanol–water partition coefficient (Wildman–Crippen LogP) is 0.0237. The van der Waals surface area contributed by atoms with E-state index in [2.05, 4.69) is 9.97 Å². The van der Waals surface area contributed by atoms with Crippen molar-refractivity contribution in [3.63, 3.8) is 0 Å². The average molecular weight is 145 g/mol. The minimum atomic E-state index is 0. The summed E-state index contributed by atoms with van der Waals surface area (Å²) in [4.78, 5) is 6.78. The van der Waals surface area contributed by atoms with Crippen LogP contribution in [0.1, 0.15) is 5.69 Å². The highest BCUT2D eigenvalue weighted by Gasteiger charge is 1.86. The lowest BCUT2D eigenvalue weighted by molar-refractivity contribution is 0.935. The maximum atomic E-state index is 5.27. The number of aromatic amines is 1. The molecule has 0 saturated carbocycles. The molecule has 0 aliphatic rings. The number of nitrogens with two attached hydrogens (primary N) is 1. The molecule has 0 spiro atoms. The first-order valence-electron chi connectivity index (χ1n) is 2.61. The number of aromatic nitrogens is 2. The Morgan fingerprint density at radius 2 is 2.44 bits per heavy atom. The van der Waals surface area contributed by atoms with Crippen LogP contribution in [0.4, 0.5) is 0 Å². The smallest absolute Gasteiger partial charge is 0.0921 e. The van der Waals surface area contributed by atoms with Gasteiger partial charge in [0, 0.05) is 18.3 Å². The van der Waals surface area contributed by atoms with E-state index in [0.717, 1.165) is 12.1 Å². The van der Waals surface area contributed by atoms with E-state index < -0.39 is 0 Å². The molecule has 4 heteroatoms. The van der Waals surface area contributed by atoms with Crippen molar-refractivity contribution in [2.45, 2.75) is 6.42 Å². The van der Waals surface area contributed by atoms with E-state index >= 15 is 0 Å². The van der Waals surface area contributed by atoms with Crippen LogP contribution in [0.15, 0.2) is 12.5 Å². The molecule has 1 rings (SSSR count). The van der Waals surface area contributed by atoms with Crippen molar-refractivity contribution in [3.8, 4) is 0 Å². The van der Waals surface area contributed by atoms with E-state index in [9.17, 15) is 0 Å². The summed E-state index contributed by atoms with van der Waals surface area (Å²) in [5, 5.41) is 0. The Hall–Kier alpha value is -0.480. The molecule has 0 saturated heterocycles. The van der Waals surface area contributed by atoms with Crippen molar-refractivity contribution in [2.75, 3.05) is 6.54 Å². The van der Waals surface area contributed by atoms with Crippen LogP contribution in [-0.4, -0.2) is 16.5 Å². The van der Waals surface area contributed by atoms with Crippen LogP contribution in [0.25, 0.3) is 0 Å². The number of hydrogen-bond acceptors (Lipinski definition) is 2. The van der Waals surface area contributed by atoms with Crippen LogP contribution in [0.2, 0.25) is 0 Å².